The molecule has 0 atom stereocenters. The lowest BCUT2D eigenvalue weighted by atomic mass is 9.87. The Hall–Kier alpha value is -2.44. The van der Waals surface area contributed by atoms with E-state index in [-0.39, 0.29) is 11.8 Å². The second-order valence-electron chi connectivity index (χ2n) is 8.67. The average Bonchev–Trinajstić information content (AvgIpc) is 2.84. The highest BCUT2D eigenvalue weighted by atomic mass is 35.5. The van der Waals surface area contributed by atoms with E-state index in [2.05, 4.69) is 32.1 Å². The molecule has 7 heteroatoms. The van der Waals surface area contributed by atoms with Gasteiger partial charge in [-0.2, -0.15) is 0 Å². The van der Waals surface area contributed by atoms with Crippen LogP contribution in [0.4, 0.5) is 0 Å². The Morgan fingerprint density at radius 3 is 2.25 bits per heavy atom. The molecule has 170 valence electrons. The van der Waals surface area contributed by atoms with E-state index in [1.54, 1.807) is 7.11 Å². The van der Waals surface area contributed by atoms with E-state index < -0.39 is 0 Å². The summed E-state index contributed by atoms with van der Waals surface area (Å²) in [7, 11) is 1.58. The van der Waals surface area contributed by atoms with Crippen LogP contribution in [0.5, 0.6) is 0 Å². The topological polar surface area (TPSA) is 58.0 Å². The van der Waals surface area contributed by atoms with Gasteiger partial charge in [-0.05, 0) is 74.2 Å². The van der Waals surface area contributed by atoms with Gasteiger partial charge in [0.05, 0.1) is 5.71 Å². The summed E-state index contributed by atoms with van der Waals surface area (Å²) in [6, 6.07) is 11.8. The molecule has 0 unspecified atom stereocenters. The van der Waals surface area contributed by atoms with Crippen LogP contribution in [-0.4, -0.2) is 59.7 Å². The molecule has 4 rings (SSSR count). The monoisotopic (exact) mass is 454 g/mol. The van der Waals surface area contributed by atoms with Gasteiger partial charge in [-0.3, -0.25) is 14.7 Å². The molecule has 32 heavy (non-hydrogen) atoms. The normalized spacial score (nSPS) is 19.2. The average molecular weight is 455 g/mol. The van der Waals surface area contributed by atoms with Crippen molar-refractivity contribution in [2.75, 3.05) is 33.3 Å². The molecular weight excluding hydrogens is 424 g/mol. The van der Waals surface area contributed by atoms with E-state index in [4.69, 9.17) is 16.4 Å². The van der Waals surface area contributed by atoms with Crippen LogP contribution in [0.2, 0.25) is 5.02 Å². The minimum atomic E-state index is 0.142. The van der Waals surface area contributed by atoms with Gasteiger partial charge < -0.3 is 9.74 Å². The van der Waals surface area contributed by atoms with Crippen LogP contribution in [0, 0.1) is 11.8 Å². The van der Waals surface area contributed by atoms with Crippen molar-refractivity contribution in [1.29, 1.82) is 0 Å². The van der Waals surface area contributed by atoms with Crippen LogP contribution in [0.1, 0.15) is 36.8 Å². The first-order valence-electron chi connectivity index (χ1n) is 11.4. The number of carbonyl (C=O) groups excluding carboxylic acids is 1. The summed E-state index contributed by atoms with van der Waals surface area (Å²) in [5.41, 5.74) is 3.25. The molecule has 6 nitrogen and oxygen atoms in total. The molecule has 0 spiro atoms. The van der Waals surface area contributed by atoms with Crippen molar-refractivity contribution in [2.45, 2.75) is 32.2 Å². The molecule has 1 amide bonds. The number of amides is 1. The first-order chi connectivity index (χ1) is 15.6. The molecule has 0 aliphatic carbocycles. The van der Waals surface area contributed by atoms with Gasteiger partial charge in [0.15, 0.2) is 0 Å². The highest BCUT2D eigenvalue weighted by Gasteiger charge is 2.32. The Morgan fingerprint density at radius 2 is 1.62 bits per heavy atom. The maximum Gasteiger partial charge on any atom is 0.225 e. The minimum Gasteiger partial charge on any atom is -0.399 e. The molecule has 0 saturated carbocycles. The first-order valence-corrected chi connectivity index (χ1v) is 11.8. The van der Waals surface area contributed by atoms with Gasteiger partial charge in [-0.15, -0.1) is 0 Å². The van der Waals surface area contributed by atoms with Crippen molar-refractivity contribution in [3.63, 3.8) is 0 Å². The zero-order valence-corrected chi connectivity index (χ0v) is 19.4. The second-order valence-corrected chi connectivity index (χ2v) is 9.11. The number of rotatable bonds is 6. The highest BCUT2D eigenvalue weighted by Crippen LogP contribution is 2.27. The zero-order chi connectivity index (χ0) is 22.3. The molecular formula is C25H31ClN4O2. The molecule has 0 radical (unpaired) electrons. The van der Waals surface area contributed by atoms with Crippen molar-refractivity contribution < 1.29 is 9.63 Å². The lowest BCUT2D eigenvalue weighted by molar-refractivity contribution is -0.138. The molecule has 1 aromatic carbocycles. The Balaban J connectivity index is 1.28. The smallest absolute Gasteiger partial charge is 0.225 e. The maximum atomic E-state index is 13.2. The number of likely N-dealkylation sites (tertiary alicyclic amines) is 2. The van der Waals surface area contributed by atoms with Crippen molar-refractivity contribution in [1.82, 2.24) is 14.8 Å². The van der Waals surface area contributed by atoms with Crippen molar-refractivity contribution in [3.8, 4) is 0 Å². The van der Waals surface area contributed by atoms with Crippen LogP contribution < -0.4 is 0 Å². The molecule has 2 aromatic rings. The van der Waals surface area contributed by atoms with Gasteiger partial charge in [0, 0.05) is 48.9 Å². The summed E-state index contributed by atoms with van der Waals surface area (Å²) in [4.78, 5) is 26.9. The highest BCUT2D eigenvalue weighted by molar-refractivity contribution is 6.30. The van der Waals surface area contributed by atoms with Crippen molar-refractivity contribution in [3.05, 3.63) is 64.9 Å². The third-order valence-corrected chi connectivity index (χ3v) is 6.87. The number of carbonyl (C=O) groups is 1. The third kappa shape index (κ3) is 5.67. The number of pyridine rings is 1. The summed E-state index contributed by atoms with van der Waals surface area (Å²) < 4.78 is 0. The molecule has 3 heterocycles. The van der Waals surface area contributed by atoms with E-state index in [0.29, 0.717) is 10.9 Å². The molecule has 2 saturated heterocycles. The third-order valence-electron chi connectivity index (χ3n) is 6.62. The largest absolute Gasteiger partial charge is 0.399 e. The fraction of sp³-hybridized carbons (Fsp3) is 0.480. The van der Waals surface area contributed by atoms with Gasteiger partial charge in [0.2, 0.25) is 5.91 Å². The Labute approximate surface area is 195 Å². The van der Waals surface area contributed by atoms with Crippen molar-refractivity contribution >= 4 is 23.2 Å². The SMILES string of the molecule is CO/N=C(\c1ccc(Cl)cc1)C1CCN(C(=O)C2CCN(Cc3ccncc3)CC2)CC1. The van der Waals surface area contributed by atoms with E-state index >= 15 is 0 Å². The molecule has 0 bridgehead atoms. The molecule has 1 aromatic heterocycles. The lowest BCUT2D eigenvalue weighted by Gasteiger charge is -2.37. The van der Waals surface area contributed by atoms with Gasteiger partial charge >= 0.3 is 0 Å². The minimum absolute atomic E-state index is 0.142. The number of benzene rings is 1. The molecule has 2 aliphatic heterocycles. The first kappa shape index (κ1) is 22.7. The van der Waals surface area contributed by atoms with Crippen LogP contribution >= 0.6 is 11.6 Å². The van der Waals surface area contributed by atoms with Gasteiger partial charge in [0.25, 0.3) is 0 Å². The Morgan fingerprint density at radius 1 is 1.00 bits per heavy atom. The number of hydrogen-bond acceptors (Lipinski definition) is 5. The van der Waals surface area contributed by atoms with Gasteiger partial charge in [0.1, 0.15) is 7.11 Å². The van der Waals surface area contributed by atoms with E-state index in [0.717, 1.165) is 69.7 Å². The van der Waals surface area contributed by atoms with E-state index in [1.807, 2.05) is 36.7 Å². The summed E-state index contributed by atoms with van der Waals surface area (Å²) >= 11 is 6.04. The van der Waals surface area contributed by atoms with E-state index in [9.17, 15) is 4.79 Å². The molecule has 0 N–H and O–H groups in total. The quantitative estimate of drug-likeness (QED) is 0.484. The van der Waals surface area contributed by atoms with Gasteiger partial charge in [-0.25, -0.2) is 0 Å². The Bertz CT molecular complexity index is 903. The van der Waals surface area contributed by atoms with Crippen LogP contribution in [0.3, 0.4) is 0 Å². The predicted molar refractivity (Wildman–Crippen MR) is 127 cm³/mol. The van der Waals surface area contributed by atoms with E-state index in [1.165, 1.54) is 5.56 Å². The fourth-order valence-electron chi connectivity index (χ4n) is 4.80. The van der Waals surface area contributed by atoms with Crippen LogP contribution in [0.25, 0.3) is 0 Å². The second kappa shape index (κ2) is 10.9. The zero-order valence-electron chi connectivity index (χ0n) is 18.6. The van der Waals surface area contributed by atoms with Crippen molar-refractivity contribution in [2.24, 2.45) is 17.0 Å². The molecule has 2 aliphatic rings. The van der Waals surface area contributed by atoms with Gasteiger partial charge in [-0.1, -0.05) is 28.9 Å². The number of oxime groups is 1. The summed E-state index contributed by atoms with van der Waals surface area (Å²) in [5, 5.41) is 5.02. The summed E-state index contributed by atoms with van der Waals surface area (Å²) in [6.07, 6.45) is 7.35. The number of piperidine rings is 2. The maximum absolute atomic E-state index is 13.2. The fourth-order valence-corrected chi connectivity index (χ4v) is 4.92. The Kier molecular flexibility index (Phi) is 7.76. The predicted octanol–water partition coefficient (Wildman–Crippen LogP) is 4.24. The summed E-state index contributed by atoms with van der Waals surface area (Å²) in [6.45, 7) is 4.42. The number of hydrogen-bond donors (Lipinski definition) is 0. The number of aromatic nitrogens is 1. The van der Waals surface area contributed by atoms with Crippen LogP contribution in [0.15, 0.2) is 53.9 Å². The van der Waals surface area contributed by atoms with Crippen LogP contribution in [-0.2, 0) is 16.2 Å². The lowest BCUT2D eigenvalue weighted by Crippen LogP contribution is -2.46. The molecule has 2 fully saturated rings. The number of nitrogens with zero attached hydrogens (tertiary/aromatic N) is 4. The number of halogens is 1. The standard InChI is InChI=1S/C25H31ClN4O2/c1-32-28-24(20-2-4-23(26)5-3-20)21-10-16-30(17-11-21)25(31)22-8-14-29(15-9-22)18-19-6-12-27-13-7-19/h2-7,12-13,21-22H,8-11,14-18H2,1H3/b28-24+. The summed E-state index contributed by atoms with van der Waals surface area (Å²) in [5.74, 6) is 0.745.